The number of fused-ring (bicyclic) bond motifs is 3. The Balaban J connectivity index is 1.71. The smallest absolute Gasteiger partial charge is 0.199 e. The second-order valence-electron chi connectivity index (χ2n) is 9.79. The molecule has 3 aliphatic rings. The lowest BCUT2D eigenvalue weighted by Gasteiger charge is -2.47. The van der Waals surface area contributed by atoms with Crippen LogP contribution < -0.4 is 9.47 Å². The van der Waals surface area contributed by atoms with Gasteiger partial charge in [0.1, 0.15) is 17.1 Å². The van der Waals surface area contributed by atoms with Gasteiger partial charge in [0.2, 0.25) is 0 Å². The highest BCUT2D eigenvalue weighted by molar-refractivity contribution is 5.53. The Morgan fingerprint density at radius 3 is 2.79 bits per heavy atom. The fourth-order valence-corrected chi connectivity index (χ4v) is 5.37. The highest BCUT2D eigenvalue weighted by atomic mass is 16.7. The molecule has 29 heavy (non-hydrogen) atoms. The van der Waals surface area contributed by atoms with Gasteiger partial charge in [-0.05, 0) is 77.0 Å². The summed E-state index contributed by atoms with van der Waals surface area (Å²) in [5, 5.41) is 0. The van der Waals surface area contributed by atoms with Crippen LogP contribution in [0.1, 0.15) is 96.1 Å². The molecule has 1 aromatic carbocycles. The van der Waals surface area contributed by atoms with Crippen molar-refractivity contribution in [3.8, 4) is 11.5 Å². The molecule has 0 aromatic heterocycles. The van der Waals surface area contributed by atoms with Crippen molar-refractivity contribution in [1.29, 1.82) is 0 Å². The summed E-state index contributed by atoms with van der Waals surface area (Å²) in [6.45, 7) is 9.85. The van der Waals surface area contributed by atoms with E-state index in [2.05, 4.69) is 45.9 Å². The zero-order chi connectivity index (χ0) is 20.4. The molecule has 160 valence electrons. The zero-order valence-corrected chi connectivity index (χ0v) is 18.8. The molecule has 2 aliphatic heterocycles. The summed E-state index contributed by atoms with van der Waals surface area (Å²) < 4.78 is 19.1. The van der Waals surface area contributed by atoms with E-state index in [0.29, 0.717) is 11.8 Å². The second kappa shape index (κ2) is 8.71. The molecule has 4 rings (SSSR count). The quantitative estimate of drug-likeness (QED) is 0.384. The van der Waals surface area contributed by atoms with E-state index in [4.69, 9.17) is 14.2 Å². The Labute approximate surface area is 176 Å². The molecule has 3 atom stereocenters. The number of allylic oxidation sites excluding steroid dienone is 2. The number of benzene rings is 1. The first kappa shape index (κ1) is 20.8. The van der Waals surface area contributed by atoms with Crippen molar-refractivity contribution < 1.29 is 14.2 Å². The highest BCUT2D eigenvalue weighted by Crippen LogP contribution is 2.54. The Hall–Kier alpha value is -1.48. The monoisotopic (exact) mass is 398 g/mol. The summed E-state index contributed by atoms with van der Waals surface area (Å²) in [4.78, 5) is 0. The van der Waals surface area contributed by atoms with Gasteiger partial charge in [0, 0.05) is 23.8 Å². The number of hydrogen-bond acceptors (Lipinski definition) is 3. The molecule has 0 radical (unpaired) electrons. The minimum Gasteiger partial charge on any atom is -0.487 e. The summed E-state index contributed by atoms with van der Waals surface area (Å²) in [6, 6.07) is 4.59. The molecule has 1 aliphatic carbocycles. The van der Waals surface area contributed by atoms with Crippen LogP contribution in [0.5, 0.6) is 11.5 Å². The Bertz CT molecular complexity index is 743. The fraction of sp³-hybridized carbons (Fsp3) is 0.692. The van der Waals surface area contributed by atoms with Crippen molar-refractivity contribution in [2.75, 3.05) is 6.61 Å². The first-order valence-corrected chi connectivity index (χ1v) is 11.8. The highest BCUT2D eigenvalue weighted by Gasteiger charge is 2.46. The molecule has 1 aromatic rings. The fourth-order valence-electron chi connectivity index (χ4n) is 5.37. The number of hydrogen-bond donors (Lipinski definition) is 0. The molecule has 1 fully saturated rings. The number of ether oxygens (including phenoxy) is 3. The van der Waals surface area contributed by atoms with Gasteiger partial charge in [-0.15, -0.1) is 0 Å². The van der Waals surface area contributed by atoms with Gasteiger partial charge in [-0.3, -0.25) is 0 Å². The maximum atomic E-state index is 6.65. The Kier molecular flexibility index (Phi) is 6.24. The first-order chi connectivity index (χ1) is 14.0. The van der Waals surface area contributed by atoms with Gasteiger partial charge in [0.15, 0.2) is 6.29 Å². The van der Waals surface area contributed by atoms with Gasteiger partial charge in [0.25, 0.3) is 0 Å². The Morgan fingerprint density at radius 1 is 1.17 bits per heavy atom. The van der Waals surface area contributed by atoms with E-state index >= 15 is 0 Å². The molecular weight excluding hydrogens is 360 g/mol. The van der Waals surface area contributed by atoms with Crippen LogP contribution in [0.25, 0.3) is 0 Å². The number of aryl methyl sites for hydroxylation is 1. The van der Waals surface area contributed by atoms with Gasteiger partial charge in [-0.1, -0.05) is 31.4 Å². The summed E-state index contributed by atoms with van der Waals surface area (Å²) >= 11 is 0. The average molecular weight is 399 g/mol. The van der Waals surface area contributed by atoms with Crippen LogP contribution in [0.2, 0.25) is 0 Å². The maximum absolute atomic E-state index is 6.65. The summed E-state index contributed by atoms with van der Waals surface area (Å²) in [5.41, 5.74) is 3.95. The SMILES string of the molecule is CCCCCc1cc(OC2CCCCO2)c2c(c1)OC(C)(C)C1CC=C(C)CC21. The van der Waals surface area contributed by atoms with Crippen LogP contribution >= 0.6 is 0 Å². The zero-order valence-electron chi connectivity index (χ0n) is 18.8. The van der Waals surface area contributed by atoms with Crippen LogP contribution in [0.4, 0.5) is 0 Å². The molecule has 0 bridgehead atoms. The summed E-state index contributed by atoms with van der Waals surface area (Å²) in [7, 11) is 0. The molecule has 3 unspecified atom stereocenters. The molecule has 2 heterocycles. The molecule has 3 heteroatoms. The molecule has 0 N–H and O–H groups in total. The van der Waals surface area contributed by atoms with Crippen molar-refractivity contribution >= 4 is 0 Å². The summed E-state index contributed by atoms with van der Waals surface area (Å²) in [5.74, 6) is 3.01. The number of rotatable bonds is 6. The van der Waals surface area contributed by atoms with Crippen LogP contribution in [0.15, 0.2) is 23.8 Å². The van der Waals surface area contributed by atoms with Gasteiger partial charge >= 0.3 is 0 Å². The molecular formula is C26H38O3. The summed E-state index contributed by atoms with van der Waals surface area (Å²) in [6.07, 6.45) is 12.6. The van der Waals surface area contributed by atoms with E-state index in [0.717, 1.165) is 50.2 Å². The lowest BCUT2D eigenvalue weighted by Crippen LogP contribution is -2.45. The van der Waals surface area contributed by atoms with E-state index in [1.807, 2.05) is 0 Å². The lowest BCUT2D eigenvalue weighted by molar-refractivity contribution is -0.107. The number of unbranched alkanes of at least 4 members (excludes halogenated alkanes) is 2. The van der Waals surface area contributed by atoms with E-state index in [1.54, 1.807) is 0 Å². The van der Waals surface area contributed by atoms with Crippen molar-refractivity contribution in [3.05, 3.63) is 34.9 Å². The molecule has 1 saturated heterocycles. The van der Waals surface area contributed by atoms with E-state index in [-0.39, 0.29) is 11.9 Å². The predicted octanol–water partition coefficient (Wildman–Crippen LogP) is 6.94. The minimum absolute atomic E-state index is 0.118. The third-order valence-corrected chi connectivity index (χ3v) is 7.01. The van der Waals surface area contributed by atoms with Gasteiger partial charge in [-0.2, -0.15) is 0 Å². The average Bonchev–Trinajstić information content (AvgIpc) is 2.68. The van der Waals surface area contributed by atoms with Crippen molar-refractivity contribution in [2.24, 2.45) is 5.92 Å². The lowest BCUT2D eigenvalue weighted by atomic mass is 9.67. The largest absolute Gasteiger partial charge is 0.487 e. The van der Waals surface area contributed by atoms with E-state index in [9.17, 15) is 0 Å². The minimum atomic E-state index is -0.157. The molecule has 0 saturated carbocycles. The third kappa shape index (κ3) is 4.50. The van der Waals surface area contributed by atoms with Gasteiger partial charge in [0.05, 0.1) is 6.61 Å². The van der Waals surface area contributed by atoms with Crippen LogP contribution in [0, 0.1) is 5.92 Å². The second-order valence-corrected chi connectivity index (χ2v) is 9.79. The van der Waals surface area contributed by atoms with Crippen LogP contribution in [0.3, 0.4) is 0 Å². The van der Waals surface area contributed by atoms with Crippen molar-refractivity contribution in [1.82, 2.24) is 0 Å². The van der Waals surface area contributed by atoms with Crippen LogP contribution in [-0.4, -0.2) is 18.5 Å². The van der Waals surface area contributed by atoms with E-state index in [1.165, 1.54) is 42.4 Å². The molecule has 3 nitrogen and oxygen atoms in total. The maximum Gasteiger partial charge on any atom is 0.199 e. The third-order valence-electron chi connectivity index (χ3n) is 7.01. The van der Waals surface area contributed by atoms with Crippen molar-refractivity contribution in [3.63, 3.8) is 0 Å². The van der Waals surface area contributed by atoms with E-state index < -0.39 is 0 Å². The topological polar surface area (TPSA) is 27.7 Å². The predicted molar refractivity (Wildman–Crippen MR) is 118 cm³/mol. The van der Waals surface area contributed by atoms with Crippen LogP contribution in [-0.2, 0) is 11.2 Å². The van der Waals surface area contributed by atoms with Gasteiger partial charge < -0.3 is 14.2 Å². The van der Waals surface area contributed by atoms with Crippen molar-refractivity contribution in [2.45, 2.75) is 103 Å². The van der Waals surface area contributed by atoms with Gasteiger partial charge in [-0.25, -0.2) is 0 Å². The normalized spacial score (nSPS) is 28.0. The first-order valence-electron chi connectivity index (χ1n) is 11.8. The molecule has 0 spiro atoms. The molecule has 0 amide bonds. The standard InChI is InChI=1S/C26H38O3/c1-5-6-7-10-19-16-22(28-24-11-8-9-14-27-24)25-20-15-18(2)12-13-21(20)26(3,4)29-23(25)17-19/h12,16-17,20-21,24H,5-11,13-15H2,1-4H3. The Morgan fingerprint density at radius 2 is 2.03 bits per heavy atom.